The molecule has 134 valence electrons. The Kier molecular flexibility index (Phi) is 5.22. The predicted octanol–water partition coefficient (Wildman–Crippen LogP) is 1.03. The van der Waals surface area contributed by atoms with Crippen molar-refractivity contribution in [3.63, 3.8) is 0 Å². The Morgan fingerprint density at radius 3 is 3.00 bits per heavy atom. The minimum Gasteiger partial charge on any atom is -0.371 e. The summed E-state index contributed by atoms with van der Waals surface area (Å²) in [7, 11) is -0.279. The largest absolute Gasteiger partial charge is 0.371 e. The number of pyridine rings is 1. The van der Waals surface area contributed by atoms with Gasteiger partial charge in [0.05, 0.1) is 30.6 Å². The summed E-state index contributed by atoms with van der Waals surface area (Å²) >= 11 is 0. The van der Waals surface area contributed by atoms with Crippen LogP contribution in [0, 0.1) is 0 Å². The van der Waals surface area contributed by atoms with Crippen LogP contribution in [0.3, 0.4) is 0 Å². The van der Waals surface area contributed by atoms with Gasteiger partial charge in [0.15, 0.2) is 0 Å². The molecule has 0 aliphatic carbocycles. The first-order chi connectivity index (χ1) is 11.4. The molecule has 2 aliphatic heterocycles. The smallest absolute Gasteiger partial charge is 0.281 e. The average molecular weight is 355 g/mol. The lowest BCUT2D eigenvalue weighted by Crippen LogP contribution is -2.52. The summed E-state index contributed by atoms with van der Waals surface area (Å²) < 4.78 is 39.5. The van der Waals surface area contributed by atoms with E-state index in [2.05, 4.69) is 4.98 Å². The lowest BCUT2D eigenvalue weighted by atomic mass is 9.90. The van der Waals surface area contributed by atoms with Crippen molar-refractivity contribution >= 4 is 10.2 Å². The molecule has 0 bridgehead atoms. The Morgan fingerprint density at radius 1 is 1.46 bits per heavy atom. The van der Waals surface area contributed by atoms with Crippen molar-refractivity contribution in [2.24, 2.45) is 0 Å². The SMILES string of the molecule is CN(C)S(=O)(=O)N1CCC[C@]2(C[C@H](OCc3ccccn3)CO2)C1. The van der Waals surface area contributed by atoms with Crippen LogP contribution in [0.5, 0.6) is 0 Å². The molecular formula is C16H25N3O4S. The monoisotopic (exact) mass is 355 g/mol. The van der Waals surface area contributed by atoms with Crippen LogP contribution in [0.2, 0.25) is 0 Å². The number of piperidine rings is 1. The summed E-state index contributed by atoms with van der Waals surface area (Å²) in [6.45, 7) is 1.90. The van der Waals surface area contributed by atoms with Gasteiger partial charge in [0.2, 0.25) is 0 Å². The molecule has 0 N–H and O–H groups in total. The van der Waals surface area contributed by atoms with Crippen LogP contribution in [0.1, 0.15) is 25.0 Å². The highest BCUT2D eigenvalue weighted by molar-refractivity contribution is 7.86. The van der Waals surface area contributed by atoms with E-state index in [0.29, 0.717) is 26.3 Å². The normalized spacial score (nSPS) is 28.7. The molecule has 2 aliphatic rings. The summed E-state index contributed by atoms with van der Waals surface area (Å²) in [5.74, 6) is 0. The third-order valence-corrected chi connectivity index (χ3v) is 6.55. The van der Waals surface area contributed by atoms with Gasteiger partial charge >= 0.3 is 0 Å². The third kappa shape index (κ3) is 3.78. The van der Waals surface area contributed by atoms with Crippen molar-refractivity contribution < 1.29 is 17.9 Å². The fraction of sp³-hybridized carbons (Fsp3) is 0.688. The van der Waals surface area contributed by atoms with Crippen molar-refractivity contribution in [3.05, 3.63) is 30.1 Å². The maximum absolute atomic E-state index is 12.4. The van der Waals surface area contributed by atoms with Crippen LogP contribution in [0.15, 0.2) is 24.4 Å². The van der Waals surface area contributed by atoms with Gasteiger partial charge in [-0.25, -0.2) is 0 Å². The number of hydrogen-bond donors (Lipinski definition) is 0. The zero-order valence-corrected chi connectivity index (χ0v) is 15.0. The van der Waals surface area contributed by atoms with Gasteiger partial charge in [0, 0.05) is 39.8 Å². The van der Waals surface area contributed by atoms with Gasteiger partial charge < -0.3 is 9.47 Å². The van der Waals surface area contributed by atoms with E-state index in [9.17, 15) is 8.42 Å². The number of nitrogens with zero attached hydrogens (tertiary/aromatic N) is 3. The predicted molar refractivity (Wildman–Crippen MR) is 89.5 cm³/mol. The second-order valence-electron chi connectivity index (χ2n) is 6.68. The Morgan fingerprint density at radius 2 is 2.29 bits per heavy atom. The van der Waals surface area contributed by atoms with E-state index < -0.39 is 15.8 Å². The van der Waals surface area contributed by atoms with E-state index in [4.69, 9.17) is 9.47 Å². The summed E-state index contributed by atoms with van der Waals surface area (Å²) in [5, 5.41) is 0. The molecular weight excluding hydrogens is 330 g/mol. The van der Waals surface area contributed by atoms with Gasteiger partial charge in [-0.05, 0) is 25.0 Å². The van der Waals surface area contributed by atoms with Gasteiger partial charge in [0.1, 0.15) is 0 Å². The van der Waals surface area contributed by atoms with Gasteiger partial charge in [0.25, 0.3) is 10.2 Å². The molecule has 1 aromatic rings. The summed E-state index contributed by atoms with van der Waals surface area (Å²) in [6.07, 6.45) is 4.13. The molecule has 2 saturated heterocycles. The lowest BCUT2D eigenvalue weighted by molar-refractivity contribution is -0.0367. The van der Waals surface area contributed by atoms with Crippen LogP contribution in [0.25, 0.3) is 0 Å². The Bertz CT molecular complexity index is 653. The Labute approximate surface area is 143 Å². The molecule has 3 rings (SSSR count). The summed E-state index contributed by atoms with van der Waals surface area (Å²) in [6, 6.07) is 5.74. The van der Waals surface area contributed by atoms with E-state index >= 15 is 0 Å². The first-order valence-electron chi connectivity index (χ1n) is 8.24. The van der Waals surface area contributed by atoms with Gasteiger partial charge in [-0.3, -0.25) is 4.98 Å². The minimum atomic E-state index is -3.40. The quantitative estimate of drug-likeness (QED) is 0.789. The topological polar surface area (TPSA) is 72.0 Å². The van der Waals surface area contributed by atoms with E-state index in [1.165, 1.54) is 8.61 Å². The number of ether oxygens (including phenoxy) is 2. The zero-order valence-electron chi connectivity index (χ0n) is 14.2. The summed E-state index contributed by atoms with van der Waals surface area (Å²) in [4.78, 5) is 4.25. The highest BCUT2D eigenvalue weighted by Crippen LogP contribution is 2.37. The van der Waals surface area contributed by atoms with Crippen molar-refractivity contribution in [1.29, 1.82) is 0 Å². The molecule has 0 unspecified atom stereocenters. The van der Waals surface area contributed by atoms with Crippen LogP contribution in [-0.4, -0.2) is 67.5 Å². The zero-order chi connectivity index (χ0) is 17.2. The first kappa shape index (κ1) is 17.8. The molecule has 7 nitrogen and oxygen atoms in total. The Balaban J connectivity index is 1.59. The van der Waals surface area contributed by atoms with Crippen LogP contribution >= 0.6 is 0 Å². The van der Waals surface area contributed by atoms with Gasteiger partial charge in [-0.2, -0.15) is 17.0 Å². The highest BCUT2D eigenvalue weighted by Gasteiger charge is 2.46. The molecule has 1 spiro atoms. The molecule has 2 atom stereocenters. The maximum Gasteiger partial charge on any atom is 0.281 e. The highest BCUT2D eigenvalue weighted by atomic mass is 32.2. The Hall–Kier alpha value is -1.06. The van der Waals surface area contributed by atoms with E-state index in [1.807, 2.05) is 18.2 Å². The molecule has 8 heteroatoms. The van der Waals surface area contributed by atoms with Crippen molar-refractivity contribution in [3.8, 4) is 0 Å². The first-order valence-corrected chi connectivity index (χ1v) is 9.64. The van der Waals surface area contributed by atoms with Crippen LogP contribution < -0.4 is 0 Å². The molecule has 0 radical (unpaired) electrons. The van der Waals surface area contributed by atoms with Crippen molar-refractivity contribution in [2.75, 3.05) is 33.8 Å². The molecule has 0 saturated carbocycles. The average Bonchev–Trinajstić information content (AvgIpc) is 2.96. The van der Waals surface area contributed by atoms with Crippen molar-refractivity contribution in [2.45, 2.75) is 37.6 Å². The standard InChI is InChI=1S/C16H25N3O4S/c1-18(2)24(20,21)19-9-5-7-16(13-19)10-15(12-23-16)22-11-14-6-3-4-8-17-14/h3-4,6,8,15H,5,7,9-13H2,1-2H3/t15-,16-/m0/s1. The third-order valence-electron chi connectivity index (χ3n) is 4.66. The second-order valence-corrected chi connectivity index (χ2v) is 8.82. The fourth-order valence-electron chi connectivity index (χ4n) is 3.37. The molecule has 0 aromatic carbocycles. The van der Waals surface area contributed by atoms with Crippen molar-refractivity contribution in [1.82, 2.24) is 13.6 Å². The van der Waals surface area contributed by atoms with E-state index in [-0.39, 0.29) is 6.10 Å². The maximum atomic E-state index is 12.4. The molecule has 0 amide bonds. The molecule has 1 aromatic heterocycles. The minimum absolute atomic E-state index is 0.0194. The van der Waals surface area contributed by atoms with Gasteiger partial charge in [-0.1, -0.05) is 6.07 Å². The second kappa shape index (κ2) is 7.05. The molecule has 2 fully saturated rings. The van der Waals surface area contributed by atoms with E-state index in [1.54, 1.807) is 20.3 Å². The lowest BCUT2D eigenvalue weighted by Gasteiger charge is -2.39. The number of rotatable bonds is 5. The van der Waals surface area contributed by atoms with E-state index in [0.717, 1.165) is 25.0 Å². The molecule has 24 heavy (non-hydrogen) atoms. The number of aromatic nitrogens is 1. The molecule has 3 heterocycles. The number of hydrogen-bond acceptors (Lipinski definition) is 5. The van der Waals surface area contributed by atoms with Gasteiger partial charge in [-0.15, -0.1) is 0 Å². The van der Waals surface area contributed by atoms with Crippen LogP contribution in [-0.2, 0) is 26.3 Å². The fourth-order valence-corrected chi connectivity index (χ4v) is 4.59. The summed E-state index contributed by atoms with van der Waals surface area (Å²) in [5.41, 5.74) is 0.467. The van der Waals surface area contributed by atoms with Crippen LogP contribution in [0.4, 0.5) is 0 Å².